The molecule has 0 spiro atoms. The number of H-pyrrole nitrogens is 1. The lowest BCUT2D eigenvalue weighted by Gasteiger charge is -2.07. The van der Waals surface area contributed by atoms with E-state index in [4.69, 9.17) is 0 Å². The third kappa shape index (κ3) is 2.66. The Kier molecular flexibility index (Phi) is 3.13. The van der Waals surface area contributed by atoms with Gasteiger partial charge in [0.2, 0.25) is 0 Å². The number of carbonyl (C=O) groups is 1. The number of nitrogens with zero attached hydrogens (tertiary/aromatic N) is 2. The topological polar surface area (TPSA) is 74.7 Å². The summed E-state index contributed by atoms with van der Waals surface area (Å²) < 4.78 is 2.04. The highest BCUT2D eigenvalue weighted by Gasteiger charge is 2.04. The molecule has 0 fully saturated rings. The van der Waals surface area contributed by atoms with Gasteiger partial charge in [-0.25, -0.2) is 4.79 Å². The van der Waals surface area contributed by atoms with Crippen LogP contribution in [0.2, 0.25) is 0 Å². The van der Waals surface area contributed by atoms with Crippen LogP contribution < -0.4 is 10.6 Å². The molecule has 0 saturated heterocycles. The maximum Gasteiger partial charge on any atom is 0.319 e. The zero-order chi connectivity index (χ0) is 12.3. The summed E-state index contributed by atoms with van der Waals surface area (Å²) >= 11 is 0. The Morgan fingerprint density at radius 1 is 1.53 bits per heavy atom. The van der Waals surface area contributed by atoms with Crippen molar-refractivity contribution in [3.63, 3.8) is 0 Å². The summed E-state index contributed by atoms with van der Waals surface area (Å²) in [5, 5.41) is 11.8. The number of urea groups is 1. The molecule has 0 aliphatic rings. The summed E-state index contributed by atoms with van der Waals surface area (Å²) in [5.41, 5.74) is 2.87. The Bertz CT molecular complexity index is 500. The van der Waals surface area contributed by atoms with Gasteiger partial charge in [0.15, 0.2) is 0 Å². The summed E-state index contributed by atoms with van der Waals surface area (Å²) in [6, 6.07) is 3.77. The molecule has 0 saturated carbocycles. The fourth-order valence-corrected chi connectivity index (χ4v) is 1.51. The summed E-state index contributed by atoms with van der Waals surface area (Å²) in [4.78, 5) is 11.5. The van der Waals surface area contributed by atoms with Crippen molar-refractivity contribution in [3.8, 4) is 0 Å². The standard InChI is InChI=1S/C11H15N5O/c1-8-3-4-10(16(8)2)7-12-11(17)15-9-5-13-14-6-9/h3-6H,7H2,1-2H3,(H,13,14)(H2,12,15,17). The highest BCUT2D eigenvalue weighted by molar-refractivity contribution is 5.88. The monoisotopic (exact) mass is 233 g/mol. The molecule has 6 nitrogen and oxygen atoms in total. The van der Waals surface area contributed by atoms with E-state index in [-0.39, 0.29) is 6.03 Å². The van der Waals surface area contributed by atoms with E-state index in [2.05, 4.69) is 20.8 Å². The quantitative estimate of drug-likeness (QED) is 0.749. The fourth-order valence-electron chi connectivity index (χ4n) is 1.51. The van der Waals surface area contributed by atoms with Crippen LogP contribution in [0.5, 0.6) is 0 Å². The number of aromatic nitrogens is 3. The second-order valence-corrected chi connectivity index (χ2v) is 3.82. The fraction of sp³-hybridized carbons (Fsp3) is 0.273. The van der Waals surface area contributed by atoms with Crippen molar-refractivity contribution >= 4 is 11.7 Å². The van der Waals surface area contributed by atoms with Gasteiger partial charge in [-0.1, -0.05) is 0 Å². The normalized spacial score (nSPS) is 10.2. The van der Waals surface area contributed by atoms with E-state index in [1.807, 2.05) is 30.7 Å². The Morgan fingerprint density at radius 2 is 2.35 bits per heavy atom. The first-order chi connectivity index (χ1) is 8.16. The maximum absolute atomic E-state index is 11.5. The first kappa shape index (κ1) is 11.3. The Balaban J connectivity index is 1.86. The van der Waals surface area contributed by atoms with Crippen LogP contribution in [0.3, 0.4) is 0 Å². The Labute approximate surface area is 99.0 Å². The lowest BCUT2D eigenvalue weighted by Crippen LogP contribution is -2.28. The summed E-state index contributed by atoms with van der Waals surface area (Å²) in [6.07, 6.45) is 3.17. The second-order valence-electron chi connectivity index (χ2n) is 3.82. The van der Waals surface area contributed by atoms with Gasteiger partial charge in [0, 0.05) is 24.6 Å². The van der Waals surface area contributed by atoms with Crippen molar-refractivity contribution in [3.05, 3.63) is 35.9 Å². The third-order valence-corrected chi connectivity index (χ3v) is 2.66. The van der Waals surface area contributed by atoms with Gasteiger partial charge >= 0.3 is 6.03 Å². The molecule has 2 aromatic heterocycles. The maximum atomic E-state index is 11.5. The van der Waals surface area contributed by atoms with Gasteiger partial charge in [-0.05, 0) is 19.1 Å². The Hall–Kier alpha value is -2.24. The minimum absolute atomic E-state index is 0.245. The smallest absolute Gasteiger partial charge is 0.319 e. The van der Waals surface area contributed by atoms with Gasteiger partial charge in [-0.3, -0.25) is 5.10 Å². The molecule has 0 bridgehead atoms. The van der Waals surface area contributed by atoms with Gasteiger partial charge in [0.05, 0.1) is 18.4 Å². The van der Waals surface area contributed by atoms with E-state index in [0.717, 1.165) is 11.4 Å². The molecule has 17 heavy (non-hydrogen) atoms. The number of amides is 2. The average molecular weight is 233 g/mol. The number of hydrogen-bond donors (Lipinski definition) is 3. The van der Waals surface area contributed by atoms with E-state index in [0.29, 0.717) is 12.2 Å². The molecular formula is C11H15N5O. The van der Waals surface area contributed by atoms with E-state index < -0.39 is 0 Å². The number of rotatable bonds is 3. The molecule has 2 amide bonds. The van der Waals surface area contributed by atoms with Crippen molar-refractivity contribution < 1.29 is 4.79 Å². The SMILES string of the molecule is Cc1ccc(CNC(=O)Nc2cn[nH]c2)n1C. The molecule has 0 unspecified atom stereocenters. The van der Waals surface area contributed by atoms with Crippen molar-refractivity contribution in [2.75, 3.05) is 5.32 Å². The van der Waals surface area contributed by atoms with E-state index >= 15 is 0 Å². The molecule has 90 valence electrons. The molecule has 2 aromatic rings. The van der Waals surface area contributed by atoms with E-state index in [1.165, 1.54) is 0 Å². The summed E-state index contributed by atoms with van der Waals surface area (Å²) in [5.74, 6) is 0. The minimum Gasteiger partial charge on any atom is -0.350 e. The number of hydrogen-bond acceptors (Lipinski definition) is 2. The van der Waals surface area contributed by atoms with E-state index in [9.17, 15) is 4.79 Å². The number of carbonyl (C=O) groups excluding carboxylic acids is 1. The van der Waals surface area contributed by atoms with Crippen LogP contribution in [-0.4, -0.2) is 20.8 Å². The van der Waals surface area contributed by atoms with Gasteiger partial charge in [-0.2, -0.15) is 5.10 Å². The summed E-state index contributed by atoms with van der Waals surface area (Å²) in [7, 11) is 1.97. The molecule has 0 aromatic carbocycles. The van der Waals surface area contributed by atoms with Crippen LogP contribution in [0, 0.1) is 6.92 Å². The first-order valence-corrected chi connectivity index (χ1v) is 5.31. The second kappa shape index (κ2) is 4.73. The third-order valence-electron chi connectivity index (χ3n) is 2.66. The van der Waals surface area contributed by atoms with Crippen LogP contribution in [0.25, 0.3) is 0 Å². The summed E-state index contributed by atoms with van der Waals surface area (Å²) in [6.45, 7) is 2.52. The van der Waals surface area contributed by atoms with Crippen LogP contribution in [-0.2, 0) is 13.6 Å². The molecule has 0 atom stereocenters. The highest BCUT2D eigenvalue weighted by Crippen LogP contribution is 2.05. The Morgan fingerprint density at radius 3 is 2.94 bits per heavy atom. The molecule has 2 heterocycles. The predicted octanol–water partition coefficient (Wildman–Crippen LogP) is 1.38. The number of anilines is 1. The number of aromatic amines is 1. The molecular weight excluding hydrogens is 218 g/mol. The lowest BCUT2D eigenvalue weighted by molar-refractivity contribution is 0.251. The van der Waals surface area contributed by atoms with Gasteiger partial charge in [0.1, 0.15) is 0 Å². The largest absolute Gasteiger partial charge is 0.350 e. The molecule has 3 N–H and O–H groups in total. The molecule has 0 aliphatic heterocycles. The highest BCUT2D eigenvalue weighted by atomic mass is 16.2. The van der Waals surface area contributed by atoms with Crippen LogP contribution in [0.1, 0.15) is 11.4 Å². The minimum atomic E-state index is -0.245. The van der Waals surface area contributed by atoms with Crippen LogP contribution >= 0.6 is 0 Å². The van der Waals surface area contributed by atoms with Gasteiger partial charge < -0.3 is 15.2 Å². The van der Waals surface area contributed by atoms with Gasteiger partial charge in [0.25, 0.3) is 0 Å². The van der Waals surface area contributed by atoms with Crippen molar-refractivity contribution in [2.24, 2.45) is 7.05 Å². The molecule has 0 radical (unpaired) electrons. The molecule has 2 rings (SSSR count). The average Bonchev–Trinajstić information content (AvgIpc) is 2.90. The van der Waals surface area contributed by atoms with Crippen LogP contribution in [0.15, 0.2) is 24.5 Å². The first-order valence-electron chi connectivity index (χ1n) is 5.31. The molecule has 0 aliphatic carbocycles. The van der Waals surface area contributed by atoms with Crippen molar-refractivity contribution in [1.82, 2.24) is 20.1 Å². The number of aryl methyl sites for hydroxylation is 1. The number of nitrogens with one attached hydrogen (secondary N) is 3. The van der Waals surface area contributed by atoms with E-state index in [1.54, 1.807) is 12.4 Å². The van der Waals surface area contributed by atoms with Crippen LogP contribution in [0.4, 0.5) is 10.5 Å². The zero-order valence-electron chi connectivity index (χ0n) is 9.82. The van der Waals surface area contributed by atoms with Crippen molar-refractivity contribution in [2.45, 2.75) is 13.5 Å². The predicted molar refractivity (Wildman–Crippen MR) is 64.6 cm³/mol. The zero-order valence-corrected chi connectivity index (χ0v) is 9.82. The molecule has 6 heteroatoms. The van der Waals surface area contributed by atoms with Gasteiger partial charge in [-0.15, -0.1) is 0 Å². The van der Waals surface area contributed by atoms with Crippen molar-refractivity contribution in [1.29, 1.82) is 0 Å². The lowest BCUT2D eigenvalue weighted by atomic mass is 10.4.